The minimum Gasteiger partial charge on any atom is -0.379 e. The number of rotatable bonds is 5. The normalized spacial score (nSPS) is 37.8. The fourth-order valence-corrected chi connectivity index (χ4v) is 4.68. The number of carbonyl (C=O) groups excluding carboxylic acids is 1. The molecule has 2 saturated carbocycles. The van der Waals surface area contributed by atoms with Crippen molar-refractivity contribution in [2.75, 3.05) is 7.11 Å². The van der Waals surface area contributed by atoms with Crippen LogP contribution in [-0.2, 0) is 9.53 Å². The molecule has 0 bridgehead atoms. The molecule has 3 rings (SSSR count). The third kappa shape index (κ3) is 2.85. The minimum atomic E-state index is 0.0405. The van der Waals surface area contributed by atoms with Gasteiger partial charge in [-0.3, -0.25) is 10.1 Å². The van der Waals surface area contributed by atoms with E-state index in [4.69, 9.17) is 4.74 Å². The van der Waals surface area contributed by atoms with Gasteiger partial charge >= 0.3 is 0 Å². The van der Waals surface area contributed by atoms with Gasteiger partial charge in [0.25, 0.3) is 0 Å². The first-order valence-corrected chi connectivity index (χ1v) is 8.87. The third-order valence-corrected chi connectivity index (χ3v) is 5.73. The molecule has 1 heterocycles. The van der Waals surface area contributed by atoms with Crippen molar-refractivity contribution in [2.24, 2.45) is 5.92 Å². The van der Waals surface area contributed by atoms with Gasteiger partial charge in [0.2, 0.25) is 5.91 Å². The summed E-state index contributed by atoms with van der Waals surface area (Å²) < 4.78 is 5.67. The van der Waals surface area contributed by atoms with E-state index in [1.807, 2.05) is 0 Å². The van der Waals surface area contributed by atoms with E-state index in [0.29, 0.717) is 17.9 Å². The molecule has 0 aromatic rings. The monoisotopic (exact) mass is 294 g/mol. The number of hydrogen-bond donors (Lipinski definition) is 1. The Bertz CT molecular complexity index is 368. The molecule has 2 aliphatic carbocycles. The van der Waals surface area contributed by atoms with Crippen LogP contribution in [0.2, 0.25) is 0 Å². The van der Waals surface area contributed by atoms with Crippen LogP contribution in [0.1, 0.15) is 64.7 Å². The lowest BCUT2D eigenvalue weighted by atomic mass is 10.0. The molecular formula is C17H30N2O2. The number of methoxy groups -OCH3 is 1. The second-order valence-corrected chi connectivity index (χ2v) is 7.02. The third-order valence-electron chi connectivity index (χ3n) is 5.73. The number of ether oxygens (including phenoxy) is 1. The number of carbonyl (C=O) groups is 1. The van der Waals surface area contributed by atoms with E-state index < -0.39 is 0 Å². The molecule has 1 saturated heterocycles. The van der Waals surface area contributed by atoms with E-state index in [0.717, 1.165) is 25.7 Å². The second kappa shape index (κ2) is 6.66. The fourth-order valence-electron chi connectivity index (χ4n) is 4.68. The number of nitrogens with one attached hydrogen (secondary N) is 1. The summed E-state index contributed by atoms with van der Waals surface area (Å²) in [6.45, 7) is 2.16. The predicted octanol–water partition coefficient (Wildman–Crippen LogP) is 2.67. The van der Waals surface area contributed by atoms with Crippen molar-refractivity contribution in [3.63, 3.8) is 0 Å². The highest BCUT2D eigenvalue weighted by Crippen LogP contribution is 2.37. The van der Waals surface area contributed by atoms with Crippen LogP contribution in [0.5, 0.6) is 0 Å². The molecule has 4 heteroatoms. The summed E-state index contributed by atoms with van der Waals surface area (Å²) in [5.41, 5.74) is 0. The van der Waals surface area contributed by atoms with E-state index in [-0.39, 0.29) is 18.3 Å². The van der Waals surface area contributed by atoms with Crippen LogP contribution < -0.4 is 5.32 Å². The summed E-state index contributed by atoms with van der Waals surface area (Å²) in [6, 6.07) is 0.334. The van der Waals surface area contributed by atoms with Crippen molar-refractivity contribution < 1.29 is 9.53 Å². The first kappa shape index (κ1) is 15.3. The largest absolute Gasteiger partial charge is 0.379 e. The first-order chi connectivity index (χ1) is 10.3. The van der Waals surface area contributed by atoms with Gasteiger partial charge in [-0.1, -0.05) is 26.2 Å². The maximum Gasteiger partial charge on any atom is 0.241 e. The summed E-state index contributed by atoms with van der Waals surface area (Å²) in [5, 5.41) is 3.68. The molecule has 0 radical (unpaired) electrons. The van der Waals surface area contributed by atoms with Crippen LogP contribution in [0.4, 0.5) is 0 Å². The number of hydrogen-bond acceptors (Lipinski definition) is 3. The predicted molar refractivity (Wildman–Crippen MR) is 82.9 cm³/mol. The highest BCUT2D eigenvalue weighted by atomic mass is 16.5. The van der Waals surface area contributed by atoms with E-state index in [1.54, 1.807) is 7.11 Å². The Balaban J connectivity index is 1.80. The maximum absolute atomic E-state index is 12.9. The lowest BCUT2D eigenvalue weighted by Gasteiger charge is -2.36. The Labute approximate surface area is 128 Å². The molecule has 0 aromatic carbocycles. The van der Waals surface area contributed by atoms with Gasteiger partial charge in [0.1, 0.15) is 0 Å². The average Bonchev–Trinajstić information content (AvgIpc) is 3.19. The molecule has 4 nitrogen and oxygen atoms in total. The van der Waals surface area contributed by atoms with E-state index in [9.17, 15) is 4.79 Å². The molecule has 1 amide bonds. The van der Waals surface area contributed by atoms with Crippen LogP contribution in [0, 0.1) is 5.92 Å². The molecule has 3 fully saturated rings. The van der Waals surface area contributed by atoms with Crippen LogP contribution in [-0.4, -0.2) is 42.3 Å². The molecule has 4 atom stereocenters. The van der Waals surface area contributed by atoms with Gasteiger partial charge in [-0.25, -0.2) is 0 Å². The van der Waals surface area contributed by atoms with Gasteiger partial charge < -0.3 is 9.64 Å². The van der Waals surface area contributed by atoms with Crippen LogP contribution in [0.3, 0.4) is 0 Å². The molecule has 0 spiro atoms. The van der Waals surface area contributed by atoms with Crippen LogP contribution in [0.15, 0.2) is 0 Å². The lowest BCUT2D eigenvalue weighted by Crippen LogP contribution is -2.51. The fraction of sp³-hybridized carbons (Fsp3) is 0.941. The summed E-state index contributed by atoms with van der Waals surface area (Å²) in [5.74, 6) is 0.983. The molecule has 4 unspecified atom stereocenters. The second-order valence-electron chi connectivity index (χ2n) is 7.02. The van der Waals surface area contributed by atoms with Gasteiger partial charge in [-0.2, -0.15) is 0 Å². The van der Waals surface area contributed by atoms with Crippen LogP contribution in [0.25, 0.3) is 0 Å². The van der Waals surface area contributed by atoms with Crippen molar-refractivity contribution in [3.05, 3.63) is 0 Å². The van der Waals surface area contributed by atoms with E-state index >= 15 is 0 Å². The quantitative estimate of drug-likeness (QED) is 0.847. The van der Waals surface area contributed by atoms with Crippen molar-refractivity contribution >= 4 is 5.91 Å². The smallest absolute Gasteiger partial charge is 0.241 e. The zero-order chi connectivity index (χ0) is 14.8. The molecule has 1 aliphatic heterocycles. The van der Waals surface area contributed by atoms with Crippen molar-refractivity contribution in [3.8, 4) is 0 Å². The van der Waals surface area contributed by atoms with Gasteiger partial charge in [0, 0.05) is 7.11 Å². The standard InChI is InChI=1S/C17H30N2O2/c1-3-7-13-17(20)19(14-10-6-11-15(14)21-2)16(18-13)12-8-4-5-9-12/h12-16,18H,3-11H2,1-2H3. The molecule has 3 aliphatic rings. The summed E-state index contributed by atoms with van der Waals surface area (Å²) in [4.78, 5) is 15.1. The average molecular weight is 294 g/mol. The summed E-state index contributed by atoms with van der Waals surface area (Å²) >= 11 is 0. The number of nitrogens with zero attached hydrogens (tertiary/aromatic N) is 1. The number of amides is 1. The lowest BCUT2D eigenvalue weighted by molar-refractivity contribution is -0.135. The minimum absolute atomic E-state index is 0.0405. The maximum atomic E-state index is 12.9. The Morgan fingerprint density at radius 2 is 1.95 bits per heavy atom. The van der Waals surface area contributed by atoms with Gasteiger partial charge in [0.15, 0.2) is 0 Å². The van der Waals surface area contributed by atoms with Crippen molar-refractivity contribution in [1.82, 2.24) is 10.2 Å². The van der Waals surface area contributed by atoms with Gasteiger partial charge in [0.05, 0.1) is 24.4 Å². The Hall–Kier alpha value is -0.610. The molecular weight excluding hydrogens is 264 g/mol. The molecule has 120 valence electrons. The van der Waals surface area contributed by atoms with Gasteiger partial charge in [-0.15, -0.1) is 0 Å². The molecule has 21 heavy (non-hydrogen) atoms. The van der Waals surface area contributed by atoms with E-state index in [1.165, 1.54) is 32.1 Å². The zero-order valence-corrected chi connectivity index (χ0v) is 13.5. The molecule has 1 N–H and O–H groups in total. The molecule has 0 aromatic heterocycles. The zero-order valence-electron chi connectivity index (χ0n) is 13.5. The SMILES string of the molecule is CCCC1NC(C2CCCC2)N(C2CCCC2OC)C1=O. The first-order valence-electron chi connectivity index (χ1n) is 8.87. The highest BCUT2D eigenvalue weighted by molar-refractivity contribution is 5.84. The topological polar surface area (TPSA) is 41.6 Å². The van der Waals surface area contributed by atoms with Crippen molar-refractivity contribution in [2.45, 2.75) is 89.1 Å². The highest BCUT2D eigenvalue weighted by Gasteiger charge is 2.48. The Kier molecular flexibility index (Phi) is 4.85. The summed E-state index contributed by atoms with van der Waals surface area (Å²) in [7, 11) is 1.80. The summed E-state index contributed by atoms with van der Waals surface area (Å²) in [6.07, 6.45) is 11.1. The van der Waals surface area contributed by atoms with Crippen LogP contribution >= 0.6 is 0 Å². The Morgan fingerprint density at radius 1 is 1.19 bits per heavy atom. The Morgan fingerprint density at radius 3 is 2.62 bits per heavy atom. The van der Waals surface area contributed by atoms with E-state index in [2.05, 4.69) is 17.1 Å². The van der Waals surface area contributed by atoms with Gasteiger partial charge in [-0.05, 0) is 44.4 Å². The van der Waals surface area contributed by atoms with Crippen molar-refractivity contribution in [1.29, 1.82) is 0 Å².